The summed E-state index contributed by atoms with van der Waals surface area (Å²) < 4.78 is 0. The number of benzene rings is 1. The summed E-state index contributed by atoms with van der Waals surface area (Å²) in [5.41, 5.74) is 3.65. The van der Waals surface area contributed by atoms with Crippen LogP contribution in [0, 0.1) is 5.92 Å². The van der Waals surface area contributed by atoms with Crippen LogP contribution in [-0.2, 0) is 12.8 Å². The fraction of sp³-hybridized carbons (Fsp3) is 0.524. The molecule has 0 bridgehead atoms. The van der Waals surface area contributed by atoms with E-state index in [4.69, 9.17) is 16.6 Å². The minimum atomic E-state index is 0.749. The van der Waals surface area contributed by atoms with Crippen LogP contribution in [0.15, 0.2) is 30.5 Å². The van der Waals surface area contributed by atoms with Gasteiger partial charge in [-0.2, -0.15) is 0 Å². The minimum Gasteiger partial charge on any atom is -0.236 e. The fourth-order valence-electron chi connectivity index (χ4n) is 3.60. The number of hydrogen-bond donors (Lipinski definition) is 0. The predicted octanol–water partition coefficient (Wildman–Crippen LogP) is 6.26. The number of unbranched alkanes of at least 4 members (excludes halogenated alkanes) is 4. The Labute approximate surface area is 150 Å². The number of aromatic nitrogens is 2. The van der Waals surface area contributed by atoms with Gasteiger partial charge in [-0.3, -0.25) is 0 Å². The maximum Gasteiger partial charge on any atom is 0.159 e. The fourth-order valence-corrected chi connectivity index (χ4v) is 3.73. The summed E-state index contributed by atoms with van der Waals surface area (Å²) in [6.45, 7) is 2.27. The lowest BCUT2D eigenvalue weighted by Gasteiger charge is -2.24. The molecule has 1 atom stereocenters. The average Bonchev–Trinajstić information content (AvgIpc) is 2.62. The third-order valence-corrected chi connectivity index (χ3v) is 5.32. The Hall–Kier alpha value is -1.41. The number of nitrogens with zero attached hydrogens (tertiary/aromatic N) is 2. The minimum absolute atomic E-state index is 0.749. The quantitative estimate of drug-likeness (QED) is 0.555. The standard InChI is InChI=1S/C21H27ClN2/c1-2-3-4-5-6-7-16-8-13-20-18(14-16)15-23-21(24-20)17-9-11-19(22)12-10-17/h9-12,15-16H,2-8,13-14H2,1H3. The highest BCUT2D eigenvalue weighted by Gasteiger charge is 2.20. The Bertz CT molecular complexity index is 651. The third-order valence-electron chi connectivity index (χ3n) is 5.07. The van der Waals surface area contributed by atoms with E-state index in [1.54, 1.807) is 0 Å². The van der Waals surface area contributed by atoms with Crippen molar-refractivity contribution in [3.05, 3.63) is 46.7 Å². The number of hydrogen-bond acceptors (Lipinski definition) is 2. The van der Waals surface area contributed by atoms with Crippen molar-refractivity contribution in [2.75, 3.05) is 0 Å². The lowest BCUT2D eigenvalue weighted by atomic mass is 9.84. The topological polar surface area (TPSA) is 25.8 Å². The van der Waals surface area contributed by atoms with Crippen LogP contribution in [-0.4, -0.2) is 9.97 Å². The van der Waals surface area contributed by atoms with Gasteiger partial charge in [-0.15, -0.1) is 0 Å². The second-order valence-corrected chi connectivity index (χ2v) is 7.42. The summed E-state index contributed by atoms with van der Waals surface area (Å²) in [6, 6.07) is 7.78. The summed E-state index contributed by atoms with van der Waals surface area (Å²) in [5.74, 6) is 1.65. The second kappa shape index (κ2) is 8.62. The van der Waals surface area contributed by atoms with Gasteiger partial charge in [0.25, 0.3) is 0 Å². The van der Waals surface area contributed by atoms with Gasteiger partial charge in [0.2, 0.25) is 0 Å². The zero-order valence-electron chi connectivity index (χ0n) is 14.6. The molecule has 1 aromatic heterocycles. The van der Waals surface area contributed by atoms with Crippen LogP contribution in [0.5, 0.6) is 0 Å². The first-order valence-electron chi connectivity index (χ1n) is 9.37. The zero-order valence-corrected chi connectivity index (χ0v) is 15.4. The lowest BCUT2D eigenvalue weighted by molar-refractivity contribution is 0.400. The maximum atomic E-state index is 5.96. The third kappa shape index (κ3) is 4.57. The van der Waals surface area contributed by atoms with Crippen molar-refractivity contribution in [1.29, 1.82) is 0 Å². The van der Waals surface area contributed by atoms with Gasteiger partial charge >= 0.3 is 0 Å². The van der Waals surface area contributed by atoms with E-state index in [2.05, 4.69) is 18.1 Å². The molecule has 1 aliphatic rings. The number of halogens is 1. The maximum absolute atomic E-state index is 5.96. The molecule has 2 aromatic rings. The highest BCUT2D eigenvalue weighted by atomic mass is 35.5. The highest BCUT2D eigenvalue weighted by molar-refractivity contribution is 6.30. The van der Waals surface area contributed by atoms with Crippen molar-refractivity contribution in [3.8, 4) is 11.4 Å². The Morgan fingerprint density at radius 1 is 1.08 bits per heavy atom. The van der Waals surface area contributed by atoms with Gasteiger partial charge < -0.3 is 0 Å². The van der Waals surface area contributed by atoms with Crippen LogP contribution < -0.4 is 0 Å². The lowest BCUT2D eigenvalue weighted by Crippen LogP contribution is -2.16. The highest BCUT2D eigenvalue weighted by Crippen LogP contribution is 2.29. The van der Waals surface area contributed by atoms with E-state index in [9.17, 15) is 0 Å². The molecule has 2 nitrogen and oxygen atoms in total. The molecule has 0 N–H and O–H groups in total. The van der Waals surface area contributed by atoms with Crippen molar-refractivity contribution in [2.24, 2.45) is 5.92 Å². The predicted molar refractivity (Wildman–Crippen MR) is 101 cm³/mol. The van der Waals surface area contributed by atoms with E-state index >= 15 is 0 Å². The van der Waals surface area contributed by atoms with Crippen LogP contribution in [0.25, 0.3) is 11.4 Å². The van der Waals surface area contributed by atoms with Crippen molar-refractivity contribution >= 4 is 11.6 Å². The molecule has 1 unspecified atom stereocenters. The molecule has 128 valence electrons. The van der Waals surface area contributed by atoms with Crippen molar-refractivity contribution in [1.82, 2.24) is 9.97 Å². The largest absolute Gasteiger partial charge is 0.236 e. The van der Waals surface area contributed by atoms with Gasteiger partial charge in [-0.05, 0) is 55.0 Å². The molecule has 0 saturated heterocycles. The summed E-state index contributed by atoms with van der Waals surface area (Å²) in [4.78, 5) is 9.41. The van der Waals surface area contributed by atoms with E-state index in [1.165, 1.54) is 56.2 Å². The molecule has 1 heterocycles. The first-order valence-corrected chi connectivity index (χ1v) is 9.74. The number of rotatable bonds is 7. The summed E-state index contributed by atoms with van der Waals surface area (Å²) in [6.07, 6.45) is 13.8. The van der Waals surface area contributed by atoms with E-state index in [-0.39, 0.29) is 0 Å². The van der Waals surface area contributed by atoms with Gasteiger partial charge in [-0.25, -0.2) is 9.97 Å². The summed E-state index contributed by atoms with van der Waals surface area (Å²) in [7, 11) is 0. The first kappa shape index (κ1) is 17.4. The Morgan fingerprint density at radius 3 is 2.67 bits per heavy atom. The van der Waals surface area contributed by atoms with Crippen LogP contribution >= 0.6 is 11.6 Å². The molecular weight excluding hydrogens is 316 g/mol. The second-order valence-electron chi connectivity index (χ2n) is 6.98. The van der Waals surface area contributed by atoms with Crippen LogP contribution in [0.4, 0.5) is 0 Å². The van der Waals surface area contributed by atoms with Gasteiger partial charge in [-0.1, -0.05) is 57.0 Å². The first-order chi connectivity index (χ1) is 11.8. The molecular formula is C21H27ClN2. The molecule has 0 aliphatic heterocycles. The molecule has 0 spiro atoms. The Balaban J connectivity index is 1.59. The molecule has 0 radical (unpaired) electrons. The average molecular weight is 343 g/mol. The molecule has 1 aliphatic carbocycles. The van der Waals surface area contributed by atoms with Crippen LogP contribution in [0.3, 0.4) is 0 Å². The summed E-state index contributed by atoms with van der Waals surface area (Å²) in [5, 5.41) is 0.749. The molecule has 3 rings (SSSR count). The zero-order chi connectivity index (χ0) is 16.8. The van der Waals surface area contributed by atoms with Crippen LogP contribution in [0.2, 0.25) is 5.02 Å². The normalized spacial score (nSPS) is 16.8. The van der Waals surface area contributed by atoms with Gasteiger partial charge in [0.1, 0.15) is 0 Å². The molecule has 0 fully saturated rings. The number of fused-ring (bicyclic) bond motifs is 1. The molecule has 24 heavy (non-hydrogen) atoms. The Kier molecular flexibility index (Phi) is 6.25. The van der Waals surface area contributed by atoms with Gasteiger partial charge in [0.05, 0.1) is 0 Å². The van der Waals surface area contributed by atoms with Crippen molar-refractivity contribution < 1.29 is 0 Å². The molecule has 0 saturated carbocycles. The number of aryl methyl sites for hydroxylation is 1. The van der Waals surface area contributed by atoms with Crippen molar-refractivity contribution in [2.45, 2.75) is 64.7 Å². The monoisotopic (exact) mass is 342 g/mol. The van der Waals surface area contributed by atoms with Gasteiger partial charge in [0.15, 0.2) is 5.82 Å². The van der Waals surface area contributed by atoms with E-state index < -0.39 is 0 Å². The van der Waals surface area contributed by atoms with Crippen molar-refractivity contribution in [3.63, 3.8) is 0 Å². The SMILES string of the molecule is CCCCCCCC1CCc2nc(-c3ccc(Cl)cc3)ncc2C1. The van der Waals surface area contributed by atoms with Crippen LogP contribution in [0.1, 0.15) is 63.1 Å². The molecule has 0 amide bonds. The Morgan fingerprint density at radius 2 is 1.88 bits per heavy atom. The van der Waals surface area contributed by atoms with Gasteiger partial charge in [0, 0.05) is 22.5 Å². The van der Waals surface area contributed by atoms with E-state index in [1.807, 2.05) is 24.3 Å². The smallest absolute Gasteiger partial charge is 0.159 e. The molecule has 1 aromatic carbocycles. The molecule has 3 heteroatoms. The van der Waals surface area contributed by atoms with E-state index in [0.29, 0.717) is 0 Å². The summed E-state index contributed by atoms with van der Waals surface area (Å²) >= 11 is 5.96. The van der Waals surface area contributed by atoms with E-state index in [0.717, 1.165) is 35.2 Å².